The molecule has 526 valence electrons. The van der Waals surface area contributed by atoms with Gasteiger partial charge in [0.25, 0.3) is 5.84 Å². The number of nitrogens with zero attached hydrogens (tertiary/aromatic N) is 8. The number of alkyl halides is 12. The first-order valence-electron chi connectivity index (χ1n) is 31.6. The lowest BCUT2D eigenvalue weighted by Crippen LogP contribution is -3.00. The summed E-state index contributed by atoms with van der Waals surface area (Å²) in [4.78, 5) is 26.0. The van der Waals surface area contributed by atoms with Crippen LogP contribution in [0, 0.1) is 27.7 Å². The van der Waals surface area contributed by atoms with Crippen LogP contribution in [0.4, 0.5) is 75.4 Å². The van der Waals surface area contributed by atoms with Gasteiger partial charge in [-0.15, -0.1) is 4.99 Å². The van der Waals surface area contributed by atoms with E-state index in [0.29, 0.717) is 97.3 Å². The van der Waals surface area contributed by atoms with Crippen LogP contribution < -0.4 is 12.4 Å². The molecule has 0 atom stereocenters. The van der Waals surface area contributed by atoms with Crippen molar-refractivity contribution >= 4 is 92.9 Å². The van der Waals surface area contributed by atoms with E-state index in [4.69, 9.17) is 39.8 Å². The largest absolute Gasteiger partial charge is 1.00 e. The molecule has 9 rings (SSSR count). The average molecular weight is 1440 g/mol. The molecule has 0 saturated heterocycles. The minimum atomic E-state index is -5.02. The molecule has 24 heteroatoms. The van der Waals surface area contributed by atoms with Crippen molar-refractivity contribution in [3.8, 4) is 0 Å². The van der Waals surface area contributed by atoms with Crippen molar-refractivity contribution < 1.29 is 69.7 Å². The molecule has 0 amide bonds. The quantitative estimate of drug-likeness (QED) is 0.0593. The lowest BCUT2D eigenvalue weighted by atomic mass is 9.93. The first-order valence-corrected chi connectivity index (χ1v) is 32.8. The summed E-state index contributed by atoms with van der Waals surface area (Å²) < 4.78 is 165. The third-order valence-electron chi connectivity index (χ3n) is 15.4. The van der Waals surface area contributed by atoms with Crippen molar-refractivity contribution in [3.05, 3.63) is 185 Å². The van der Waals surface area contributed by atoms with Crippen LogP contribution in [0.3, 0.4) is 0 Å². The Balaban J connectivity index is 0.000000285. The van der Waals surface area contributed by atoms with Gasteiger partial charge in [-0.25, -0.2) is 19.6 Å². The lowest BCUT2D eigenvalue weighted by molar-refractivity contribution is -0.413. The van der Waals surface area contributed by atoms with Crippen LogP contribution >= 0.6 is 34.8 Å². The zero-order valence-electron chi connectivity index (χ0n) is 56.7. The summed E-state index contributed by atoms with van der Waals surface area (Å²) >= 11 is 18.7. The van der Waals surface area contributed by atoms with Gasteiger partial charge in [0.2, 0.25) is 0 Å². The first-order chi connectivity index (χ1) is 44.6. The van der Waals surface area contributed by atoms with E-state index in [1.807, 2.05) is 50.8 Å². The van der Waals surface area contributed by atoms with Crippen molar-refractivity contribution in [1.82, 2.24) is 9.80 Å². The van der Waals surface area contributed by atoms with Gasteiger partial charge in [0.05, 0.1) is 74.4 Å². The number of benzene rings is 6. The summed E-state index contributed by atoms with van der Waals surface area (Å²) in [6.07, 6.45) is -11.3. The molecule has 97 heavy (non-hydrogen) atoms. The molecule has 1 saturated carbocycles. The molecule has 0 radical (unpaired) electrons. The van der Waals surface area contributed by atoms with Gasteiger partial charge in [0.15, 0.2) is 17.9 Å². The van der Waals surface area contributed by atoms with Gasteiger partial charge >= 0.3 is 24.7 Å². The summed E-state index contributed by atoms with van der Waals surface area (Å²) in [7, 11) is 0. The van der Waals surface area contributed by atoms with Crippen LogP contribution in [-0.2, 0) is 24.7 Å². The van der Waals surface area contributed by atoms with Crippen LogP contribution in [0.15, 0.2) is 122 Å². The van der Waals surface area contributed by atoms with E-state index in [9.17, 15) is 52.7 Å². The number of hydrogen-bond acceptors (Lipinski definition) is 5. The topological polar surface area (TPSA) is 71.3 Å². The van der Waals surface area contributed by atoms with E-state index in [1.54, 1.807) is 49.0 Å². The predicted octanol–water partition coefficient (Wildman–Crippen LogP) is 21.0. The summed E-state index contributed by atoms with van der Waals surface area (Å²) in [6, 6.07) is 22.3. The first kappa shape index (κ1) is 80.9. The molecular weight excluding hydrogens is 1360 g/mol. The molecule has 0 N–H and O–H groups in total. The Morgan fingerprint density at radius 3 is 1.21 bits per heavy atom. The van der Waals surface area contributed by atoms with Gasteiger partial charge < -0.3 is 17.3 Å². The summed E-state index contributed by atoms with van der Waals surface area (Å²) in [5.74, 6) is 1.79. The molecule has 6 aromatic rings. The van der Waals surface area contributed by atoms with Crippen LogP contribution in [0.2, 0.25) is 10.0 Å². The fraction of sp³-hybridized carbons (Fsp3) is 0.425. The molecule has 0 spiro atoms. The fourth-order valence-corrected chi connectivity index (χ4v) is 11.3. The van der Waals surface area contributed by atoms with Crippen LogP contribution in [0.25, 0.3) is 0 Å². The second-order valence-electron chi connectivity index (χ2n) is 25.2. The van der Waals surface area contributed by atoms with Crippen molar-refractivity contribution in [2.75, 3.05) is 26.2 Å². The molecule has 2 aliphatic heterocycles. The molecule has 0 unspecified atom stereocenters. The highest BCUT2D eigenvalue weighted by atomic mass is 35.5. The third kappa shape index (κ3) is 22.9. The van der Waals surface area contributed by atoms with Gasteiger partial charge in [-0.1, -0.05) is 158 Å². The number of para-hydroxylation sites is 2. The minimum absolute atomic E-state index is 0. The van der Waals surface area contributed by atoms with Crippen LogP contribution in [-0.4, -0.2) is 75.9 Å². The van der Waals surface area contributed by atoms with E-state index >= 15 is 0 Å². The predicted molar refractivity (Wildman–Crippen MR) is 369 cm³/mol. The normalized spacial score (nSPS) is 15.0. The number of halogens is 16. The Kier molecular flexibility index (Phi) is 28.7. The maximum absolute atomic E-state index is 13.9. The van der Waals surface area contributed by atoms with Crippen molar-refractivity contribution in [2.24, 2.45) is 25.0 Å². The van der Waals surface area contributed by atoms with Crippen LogP contribution in [0.5, 0.6) is 0 Å². The van der Waals surface area contributed by atoms with Gasteiger partial charge in [-0.3, -0.25) is 9.89 Å². The lowest BCUT2D eigenvalue weighted by Gasteiger charge is -2.26. The van der Waals surface area contributed by atoms with E-state index in [-0.39, 0.29) is 80.6 Å². The highest BCUT2D eigenvalue weighted by Crippen LogP contribution is 2.42. The highest BCUT2D eigenvalue weighted by molar-refractivity contribution is 6.65. The van der Waals surface area contributed by atoms with E-state index < -0.39 is 47.0 Å². The molecule has 2 heterocycles. The Labute approximate surface area is 582 Å². The third-order valence-corrected chi connectivity index (χ3v) is 16.1. The highest BCUT2D eigenvalue weighted by Gasteiger charge is 2.40. The fourth-order valence-electron chi connectivity index (χ4n) is 10.5. The van der Waals surface area contributed by atoms with Gasteiger partial charge in [-0.05, 0) is 158 Å². The van der Waals surface area contributed by atoms with E-state index in [0.717, 1.165) is 33.6 Å². The number of amidine groups is 3. The molecule has 8 nitrogen and oxygen atoms in total. The Morgan fingerprint density at radius 1 is 0.474 bits per heavy atom. The molecule has 6 aromatic carbocycles. The zero-order valence-corrected chi connectivity index (χ0v) is 59.7. The molecule has 0 aromatic heterocycles. The zero-order chi connectivity index (χ0) is 71.5. The Morgan fingerprint density at radius 2 is 0.856 bits per heavy atom. The maximum Gasteiger partial charge on any atom is 0.416 e. The minimum Gasteiger partial charge on any atom is -1.00 e. The molecule has 1 fully saturated rings. The number of aliphatic imine (C=N–C) groups is 5. The maximum atomic E-state index is 13.9. The number of rotatable bonds is 10. The van der Waals surface area contributed by atoms with Gasteiger partial charge in [0, 0.05) is 32.0 Å². The molecular formula is C73H82Cl4F12N8. The van der Waals surface area contributed by atoms with Crippen molar-refractivity contribution in [1.29, 1.82) is 0 Å². The molecule has 1 aliphatic carbocycles. The number of hydrogen-bond donors (Lipinski definition) is 0. The van der Waals surface area contributed by atoms with E-state index in [2.05, 4.69) is 93.6 Å². The Hall–Kier alpha value is -6.74. The molecule has 3 aliphatic rings. The Bertz CT molecular complexity index is 3740. The average Bonchev–Trinajstić information content (AvgIpc) is 0.995. The standard InChI is InChI=1S/C35H38ClF6N4.C21H18ClF6N3.C14H20ClN.C3H6.ClH/c1-20(2)28-10-8-11-29(21(3)4)32(28)43-24(7)45-12-9-13-46(19-45)33(44-31-23(6)14-22(5)15-30(31)36)25-16-26(34(37,38)39)18-27(17-25)35(40,41)42;1-12-6-13(2)18(17(22)7-12)30-19(31-5-3-4-29-11-31)14-8-15(20(23,24)25)10-16(9-14)21(26,27)28;1-9(2)12-7-6-8-13(10(3)4)14(12)16-11(5)15;1-2-3-1;/h8,10-11,14-21H,9,12-13H2,1-7H3;6-11H,3-5H2,1-2H3;6-10H,1-5H3;1-3H2;1H/q+1;;;;/p-1. The smallest absolute Gasteiger partial charge is 0.416 e. The summed E-state index contributed by atoms with van der Waals surface area (Å²) in [5.41, 5.74) is 3.77. The molecule has 0 bridgehead atoms. The summed E-state index contributed by atoms with van der Waals surface area (Å²) in [5, 5.41) is 1.07. The van der Waals surface area contributed by atoms with Crippen molar-refractivity contribution in [3.63, 3.8) is 0 Å². The van der Waals surface area contributed by atoms with Gasteiger partial charge in [-0.2, -0.15) is 52.7 Å². The van der Waals surface area contributed by atoms with Gasteiger partial charge in [0.1, 0.15) is 11.0 Å². The summed E-state index contributed by atoms with van der Waals surface area (Å²) in [6.45, 7) is 29.5. The van der Waals surface area contributed by atoms with Crippen LogP contribution in [0.1, 0.15) is 203 Å². The SMILES string of the molecule is C1CC1.CC(=Nc1c(C(C)C)cccc1C(C)C)N1C=[N+](C(=Nc2c(C)cc(C)cc2Cl)c2cc(C(F)(F)F)cc(C(F)(F)F)c2)CCC1.CC(Cl)=Nc1c(C(C)C)cccc1C(C)C.Cc1cc(C)c(N=C(c2cc(C(F)(F)F)cc(C(F)(F)F)c2)N2C=NCCC2)c(Cl)c1.[Cl-]. The number of aryl methyl sites for hydroxylation is 4. The second kappa shape index (κ2) is 34.4. The van der Waals surface area contributed by atoms with E-state index in [1.165, 1.54) is 41.6 Å². The monoisotopic (exact) mass is 1440 g/mol. The van der Waals surface area contributed by atoms with Crippen molar-refractivity contribution in [2.45, 2.75) is 177 Å². The second-order valence-corrected chi connectivity index (χ2v) is 26.6.